The largest absolute Gasteiger partial charge is 0.329 e. The molecule has 1 aliphatic heterocycles. The normalized spacial score (nSPS) is 15.4. The van der Waals surface area contributed by atoms with Gasteiger partial charge in [0.2, 0.25) is 5.91 Å². The van der Waals surface area contributed by atoms with Gasteiger partial charge >= 0.3 is 0 Å². The molecule has 5 nitrogen and oxygen atoms in total. The number of amides is 1. The van der Waals surface area contributed by atoms with E-state index in [9.17, 15) is 13.2 Å². The van der Waals surface area contributed by atoms with E-state index in [1.807, 2.05) is 0 Å². The highest BCUT2D eigenvalue weighted by Crippen LogP contribution is 2.30. The fraction of sp³-hybridized carbons (Fsp3) is 0.417. The van der Waals surface area contributed by atoms with Gasteiger partial charge in [-0.05, 0) is 37.6 Å². The van der Waals surface area contributed by atoms with Crippen LogP contribution in [0.2, 0.25) is 0 Å². The van der Waals surface area contributed by atoms with Crippen LogP contribution in [0.25, 0.3) is 0 Å². The Morgan fingerprint density at radius 1 is 1.39 bits per heavy atom. The Kier molecular flexibility index (Phi) is 2.95. The van der Waals surface area contributed by atoms with Gasteiger partial charge in [0.25, 0.3) is 0 Å². The van der Waals surface area contributed by atoms with E-state index in [-0.39, 0.29) is 23.8 Å². The van der Waals surface area contributed by atoms with Crippen molar-refractivity contribution in [3.05, 3.63) is 23.8 Å². The third kappa shape index (κ3) is 1.91. The summed E-state index contributed by atoms with van der Waals surface area (Å²) >= 11 is 0. The Balaban J connectivity index is 2.49. The minimum Gasteiger partial charge on any atom is -0.329 e. The lowest BCUT2D eigenvalue weighted by Gasteiger charge is -2.23. The average molecular weight is 268 g/mol. The van der Waals surface area contributed by atoms with Gasteiger partial charge in [0, 0.05) is 12.2 Å². The average Bonchev–Trinajstić information content (AvgIpc) is 2.67. The van der Waals surface area contributed by atoms with Crippen LogP contribution in [-0.4, -0.2) is 25.6 Å². The molecular weight excluding hydrogens is 252 g/mol. The molecular formula is C12H16N2O3S. The monoisotopic (exact) mass is 268 g/mol. The number of anilines is 1. The van der Waals surface area contributed by atoms with Gasteiger partial charge in [-0.25, -0.2) is 8.42 Å². The second kappa shape index (κ2) is 4.07. The Hall–Kier alpha value is -1.40. The first-order valence-electron chi connectivity index (χ1n) is 5.65. The topological polar surface area (TPSA) is 89.3 Å². The third-order valence-electron chi connectivity index (χ3n) is 3.23. The van der Waals surface area contributed by atoms with E-state index in [1.165, 1.54) is 6.07 Å². The summed E-state index contributed by atoms with van der Waals surface area (Å²) < 4.78 is 23.7. The smallest absolute Gasteiger partial charge is 0.228 e. The molecule has 1 aromatic rings. The maximum atomic E-state index is 12.4. The first-order chi connectivity index (χ1) is 8.28. The Morgan fingerprint density at radius 3 is 2.67 bits per heavy atom. The Bertz CT molecular complexity index is 606. The number of sulfone groups is 1. The van der Waals surface area contributed by atoms with E-state index in [0.29, 0.717) is 11.3 Å². The quantitative estimate of drug-likeness (QED) is 0.844. The highest BCUT2D eigenvalue weighted by molar-refractivity contribution is 7.92. The molecule has 98 valence electrons. The van der Waals surface area contributed by atoms with Crippen molar-refractivity contribution in [2.45, 2.75) is 29.9 Å². The van der Waals surface area contributed by atoms with Crippen molar-refractivity contribution in [3.8, 4) is 0 Å². The van der Waals surface area contributed by atoms with Gasteiger partial charge in [0.1, 0.15) is 0 Å². The van der Waals surface area contributed by atoms with Gasteiger partial charge in [0.15, 0.2) is 9.84 Å². The standard InChI is InChI=1S/C12H16N2O3S/c1-12(2,7-13)18(16,17)9-3-4-10-8(5-9)6-11(15)14-10/h3-5H,6-7,13H2,1-2H3,(H,14,15). The first-order valence-corrected chi connectivity index (χ1v) is 7.14. The SMILES string of the molecule is CC(C)(CN)S(=O)(=O)c1ccc2c(c1)CC(=O)N2. The van der Waals surface area contributed by atoms with Crippen molar-refractivity contribution in [3.63, 3.8) is 0 Å². The van der Waals surface area contributed by atoms with E-state index in [4.69, 9.17) is 5.73 Å². The van der Waals surface area contributed by atoms with Gasteiger partial charge in [-0.15, -0.1) is 0 Å². The third-order valence-corrected chi connectivity index (χ3v) is 5.73. The molecule has 0 spiro atoms. The lowest BCUT2D eigenvalue weighted by Crippen LogP contribution is -2.39. The van der Waals surface area contributed by atoms with Crippen LogP contribution in [-0.2, 0) is 21.1 Å². The van der Waals surface area contributed by atoms with E-state index < -0.39 is 14.6 Å². The molecule has 2 rings (SSSR count). The molecule has 0 radical (unpaired) electrons. The van der Waals surface area contributed by atoms with Gasteiger partial charge in [-0.1, -0.05) is 0 Å². The molecule has 0 saturated carbocycles. The lowest BCUT2D eigenvalue weighted by atomic mass is 10.2. The summed E-state index contributed by atoms with van der Waals surface area (Å²) in [6.45, 7) is 3.24. The van der Waals surface area contributed by atoms with Gasteiger partial charge in [0.05, 0.1) is 16.1 Å². The summed E-state index contributed by atoms with van der Waals surface area (Å²) in [7, 11) is -3.49. The van der Waals surface area contributed by atoms with E-state index >= 15 is 0 Å². The summed E-state index contributed by atoms with van der Waals surface area (Å²) in [6, 6.07) is 4.69. The van der Waals surface area contributed by atoms with Crippen molar-refractivity contribution in [1.82, 2.24) is 0 Å². The van der Waals surface area contributed by atoms with Crippen molar-refractivity contribution in [2.24, 2.45) is 5.73 Å². The minimum absolute atomic E-state index is 0.0452. The van der Waals surface area contributed by atoms with Crippen LogP contribution in [0.1, 0.15) is 19.4 Å². The molecule has 0 aliphatic carbocycles. The maximum absolute atomic E-state index is 12.4. The van der Waals surface area contributed by atoms with E-state index in [0.717, 1.165) is 0 Å². The van der Waals surface area contributed by atoms with Gasteiger partial charge in [-0.3, -0.25) is 4.79 Å². The Morgan fingerprint density at radius 2 is 2.06 bits per heavy atom. The van der Waals surface area contributed by atoms with E-state index in [2.05, 4.69) is 5.32 Å². The van der Waals surface area contributed by atoms with Gasteiger partial charge in [-0.2, -0.15) is 0 Å². The molecule has 0 saturated heterocycles. The number of nitrogens with one attached hydrogen (secondary N) is 1. The van der Waals surface area contributed by atoms with Crippen LogP contribution in [0, 0.1) is 0 Å². The van der Waals surface area contributed by atoms with Crippen LogP contribution in [0.15, 0.2) is 23.1 Å². The number of carbonyl (C=O) groups is 1. The van der Waals surface area contributed by atoms with Crippen molar-refractivity contribution >= 4 is 21.4 Å². The molecule has 0 atom stereocenters. The van der Waals surface area contributed by atoms with Crippen LogP contribution < -0.4 is 11.1 Å². The van der Waals surface area contributed by atoms with Crippen molar-refractivity contribution in [1.29, 1.82) is 0 Å². The molecule has 1 aromatic carbocycles. The highest BCUT2D eigenvalue weighted by atomic mass is 32.2. The van der Waals surface area contributed by atoms with Crippen LogP contribution >= 0.6 is 0 Å². The number of nitrogens with two attached hydrogens (primary N) is 1. The molecule has 0 unspecified atom stereocenters. The minimum atomic E-state index is -3.49. The summed E-state index contributed by atoms with van der Waals surface area (Å²) in [5.74, 6) is -0.113. The molecule has 1 amide bonds. The molecule has 3 N–H and O–H groups in total. The number of hydrogen-bond acceptors (Lipinski definition) is 4. The number of hydrogen-bond donors (Lipinski definition) is 2. The molecule has 1 aliphatic rings. The molecule has 0 bridgehead atoms. The first kappa shape index (κ1) is 13.0. The molecule has 6 heteroatoms. The zero-order valence-electron chi connectivity index (χ0n) is 10.4. The summed E-state index contributed by atoms with van der Waals surface area (Å²) in [5, 5.41) is 2.67. The molecule has 0 fully saturated rings. The number of carbonyl (C=O) groups excluding carboxylic acids is 1. The van der Waals surface area contributed by atoms with Crippen molar-refractivity contribution in [2.75, 3.05) is 11.9 Å². The fourth-order valence-electron chi connectivity index (χ4n) is 1.80. The van der Waals surface area contributed by atoms with Crippen LogP contribution in [0.5, 0.6) is 0 Å². The molecule has 0 aromatic heterocycles. The van der Waals surface area contributed by atoms with Crippen LogP contribution in [0.3, 0.4) is 0 Å². The summed E-state index contributed by atoms with van der Waals surface area (Å²) in [5.41, 5.74) is 6.92. The predicted octanol–water partition coefficient (Wildman–Crippen LogP) is 0.692. The van der Waals surface area contributed by atoms with Crippen LogP contribution in [0.4, 0.5) is 5.69 Å². The second-order valence-electron chi connectivity index (χ2n) is 5.01. The zero-order chi connectivity index (χ0) is 13.6. The second-order valence-corrected chi connectivity index (χ2v) is 7.59. The predicted molar refractivity (Wildman–Crippen MR) is 69.1 cm³/mol. The Labute approximate surface area is 106 Å². The lowest BCUT2D eigenvalue weighted by molar-refractivity contribution is -0.115. The summed E-state index contributed by atoms with van der Waals surface area (Å²) in [4.78, 5) is 11.4. The number of fused-ring (bicyclic) bond motifs is 1. The number of rotatable bonds is 3. The molecule has 18 heavy (non-hydrogen) atoms. The number of benzene rings is 1. The summed E-state index contributed by atoms with van der Waals surface area (Å²) in [6.07, 6.45) is 0.224. The van der Waals surface area contributed by atoms with E-state index in [1.54, 1.807) is 26.0 Å². The zero-order valence-corrected chi connectivity index (χ0v) is 11.2. The highest BCUT2D eigenvalue weighted by Gasteiger charge is 2.35. The van der Waals surface area contributed by atoms with Gasteiger partial charge < -0.3 is 11.1 Å². The maximum Gasteiger partial charge on any atom is 0.228 e. The molecule has 1 heterocycles. The van der Waals surface area contributed by atoms with Crippen molar-refractivity contribution < 1.29 is 13.2 Å². The fourth-order valence-corrected chi connectivity index (χ4v) is 3.20.